The first-order valence-electron chi connectivity index (χ1n) is 11.4. The molecule has 4 heterocycles. The number of aryl methyl sites for hydroxylation is 1. The highest BCUT2D eigenvalue weighted by molar-refractivity contribution is 8.45. The average molecular weight is 540 g/mol. The van der Waals surface area contributed by atoms with Crippen molar-refractivity contribution < 1.29 is 28.7 Å². The lowest BCUT2D eigenvalue weighted by Crippen LogP contribution is -2.48. The van der Waals surface area contributed by atoms with Crippen molar-refractivity contribution in [1.29, 1.82) is 0 Å². The SMILES string of the molecule is O=[S@@]1CCc2cc(N3CCC(c4ncc(S(F)(F)(F)(F)F)cn4)CC3)nc(NC3(CO)CCC3)c21. The Morgan fingerprint density at radius 1 is 1.14 bits per heavy atom. The van der Waals surface area contributed by atoms with E-state index in [1.807, 2.05) is 11.0 Å². The molecule has 0 amide bonds. The minimum Gasteiger partial charge on any atom is -0.394 e. The maximum Gasteiger partial charge on any atom is 0.313 e. The average Bonchev–Trinajstić information content (AvgIpc) is 3.16. The van der Waals surface area contributed by atoms with Crippen molar-refractivity contribution in [3.8, 4) is 0 Å². The van der Waals surface area contributed by atoms with Gasteiger partial charge in [0.15, 0.2) is 0 Å². The summed E-state index contributed by atoms with van der Waals surface area (Å²) in [5, 5.41) is 13.2. The number of piperidine rings is 1. The van der Waals surface area contributed by atoms with Crippen LogP contribution in [-0.4, -0.2) is 55.3 Å². The summed E-state index contributed by atoms with van der Waals surface area (Å²) in [6, 6.07) is 1.93. The smallest absolute Gasteiger partial charge is 0.313 e. The minimum absolute atomic E-state index is 0.0352. The Balaban J connectivity index is 1.32. The molecule has 2 N–H and O–H groups in total. The molecule has 1 saturated heterocycles. The molecule has 194 valence electrons. The first kappa shape index (κ1) is 24.6. The minimum atomic E-state index is -9.79. The summed E-state index contributed by atoms with van der Waals surface area (Å²) in [6.45, 7) is 1.01. The van der Waals surface area contributed by atoms with Gasteiger partial charge >= 0.3 is 10.2 Å². The van der Waals surface area contributed by atoms with Gasteiger partial charge in [-0.15, -0.1) is 0 Å². The Morgan fingerprint density at radius 2 is 1.80 bits per heavy atom. The molecule has 14 heteroatoms. The maximum absolute atomic E-state index is 12.9. The van der Waals surface area contributed by atoms with Gasteiger partial charge in [-0.1, -0.05) is 19.4 Å². The molecular formula is C21H26F5N5O2S2. The van der Waals surface area contributed by atoms with Gasteiger partial charge in [0, 0.05) is 24.8 Å². The molecule has 5 rings (SSSR count). The molecular weight excluding hydrogens is 513 g/mol. The topological polar surface area (TPSA) is 91.2 Å². The van der Waals surface area contributed by atoms with Crippen LogP contribution in [0.3, 0.4) is 0 Å². The van der Waals surface area contributed by atoms with Crippen LogP contribution in [0.25, 0.3) is 0 Å². The van der Waals surface area contributed by atoms with Crippen molar-refractivity contribution in [3.05, 3.63) is 29.8 Å². The van der Waals surface area contributed by atoms with E-state index in [0.717, 1.165) is 24.8 Å². The summed E-state index contributed by atoms with van der Waals surface area (Å²) < 4.78 is 77.3. The van der Waals surface area contributed by atoms with E-state index < -0.39 is 31.5 Å². The molecule has 7 nitrogen and oxygen atoms in total. The van der Waals surface area contributed by atoms with Gasteiger partial charge in [0.05, 0.1) is 40.2 Å². The summed E-state index contributed by atoms with van der Waals surface area (Å²) in [7, 11) is -10.9. The van der Waals surface area contributed by atoms with Crippen LogP contribution in [0.1, 0.15) is 49.4 Å². The molecule has 2 aromatic heterocycles. The van der Waals surface area contributed by atoms with Gasteiger partial charge in [0.1, 0.15) is 22.4 Å². The van der Waals surface area contributed by atoms with Crippen LogP contribution >= 0.6 is 10.2 Å². The lowest BCUT2D eigenvalue weighted by Gasteiger charge is -2.42. The van der Waals surface area contributed by atoms with E-state index in [1.165, 1.54) is 0 Å². The number of nitrogens with zero attached hydrogens (tertiary/aromatic N) is 4. The lowest BCUT2D eigenvalue weighted by molar-refractivity contribution is 0.143. The van der Waals surface area contributed by atoms with E-state index in [4.69, 9.17) is 4.98 Å². The van der Waals surface area contributed by atoms with Crippen molar-refractivity contribution >= 4 is 32.7 Å². The Bertz CT molecular complexity index is 1160. The maximum atomic E-state index is 12.9. The van der Waals surface area contributed by atoms with Crippen molar-refractivity contribution in [2.24, 2.45) is 0 Å². The van der Waals surface area contributed by atoms with Gasteiger partial charge in [0.2, 0.25) is 0 Å². The zero-order valence-corrected chi connectivity index (χ0v) is 20.4. The van der Waals surface area contributed by atoms with E-state index >= 15 is 0 Å². The fourth-order valence-electron chi connectivity index (χ4n) is 4.84. The Morgan fingerprint density at radius 3 is 2.34 bits per heavy atom. The Kier molecular flexibility index (Phi) is 5.43. The van der Waals surface area contributed by atoms with Crippen molar-refractivity contribution in [1.82, 2.24) is 15.0 Å². The van der Waals surface area contributed by atoms with Gasteiger partial charge in [-0.25, -0.2) is 15.0 Å². The number of fused-ring (bicyclic) bond motifs is 1. The molecule has 1 saturated carbocycles. The third-order valence-electron chi connectivity index (χ3n) is 7.10. The van der Waals surface area contributed by atoms with Crippen molar-refractivity contribution in [2.45, 2.75) is 59.8 Å². The van der Waals surface area contributed by atoms with Gasteiger partial charge in [-0.05, 0) is 50.2 Å². The molecule has 0 radical (unpaired) electrons. The highest BCUT2D eigenvalue weighted by atomic mass is 32.5. The normalized spacial score (nSPS) is 24.3. The number of aliphatic hydroxyl groups is 1. The predicted octanol–water partition coefficient (Wildman–Crippen LogP) is 4.90. The highest BCUT2D eigenvalue weighted by Gasteiger charge is 2.66. The Hall–Kier alpha value is -2.06. The molecule has 0 aromatic carbocycles. The molecule has 1 atom stereocenters. The van der Waals surface area contributed by atoms with Gasteiger partial charge in [0.25, 0.3) is 0 Å². The number of hydrogen-bond donors (Lipinski definition) is 2. The zero-order chi connectivity index (χ0) is 25.1. The number of rotatable bonds is 6. The van der Waals surface area contributed by atoms with E-state index in [0.29, 0.717) is 54.6 Å². The summed E-state index contributed by atoms with van der Waals surface area (Å²) >= 11 is 0. The fourth-order valence-corrected chi connectivity index (χ4v) is 6.72. The molecule has 3 aliphatic rings. The quantitative estimate of drug-likeness (QED) is 0.505. The van der Waals surface area contributed by atoms with Crippen LogP contribution in [0.5, 0.6) is 0 Å². The van der Waals surface area contributed by atoms with Crippen LogP contribution in [0.2, 0.25) is 0 Å². The molecule has 0 spiro atoms. The summed E-state index contributed by atoms with van der Waals surface area (Å²) in [5.74, 6) is 1.62. The number of anilines is 2. The number of nitrogens with one attached hydrogen (secondary N) is 1. The molecule has 2 fully saturated rings. The number of aliphatic hydroxyl groups excluding tert-OH is 1. The molecule has 0 bridgehead atoms. The molecule has 2 aromatic rings. The standard InChI is InChI=1S/C21H26F5N5O2S2/c22-35(23,24,25,26)16-11-27-19(28-12-16)14-2-7-31(8-3-14)17-10-15-4-9-34(33)18(15)20(29-17)30-21(13-32)5-1-6-21/h10-12,14,32H,1-9,13H2,(H,29,30)/t34-/m1/s1. The number of aromatic nitrogens is 3. The lowest BCUT2D eigenvalue weighted by atomic mass is 9.77. The largest absolute Gasteiger partial charge is 0.394 e. The highest BCUT2D eigenvalue weighted by Crippen LogP contribution is 3.01. The summed E-state index contributed by atoms with van der Waals surface area (Å²) in [6.07, 6.45) is 4.67. The molecule has 2 aliphatic heterocycles. The Labute approximate surface area is 201 Å². The molecule has 35 heavy (non-hydrogen) atoms. The fraction of sp³-hybridized carbons (Fsp3) is 0.571. The molecule has 0 unspecified atom stereocenters. The van der Waals surface area contributed by atoms with Crippen molar-refractivity contribution in [2.75, 3.05) is 35.7 Å². The van der Waals surface area contributed by atoms with Crippen LogP contribution < -0.4 is 10.2 Å². The summed E-state index contributed by atoms with van der Waals surface area (Å²) in [4.78, 5) is 12.6. The number of pyridine rings is 1. The molecule has 1 aliphatic carbocycles. The van der Waals surface area contributed by atoms with Crippen LogP contribution in [0.4, 0.5) is 31.1 Å². The monoisotopic (exact) mass is 539 g/mol. The van der Waals surface area contributed by atoms with Gasteiger partial charge in [-0.2, -0.15) is 0 Å². The van der Waals surface area contributed by atoms with Gasteiger partial charge < -0.3 is 15.3 Å². The second-order valence-corrected chi connectivity index (χ2v) is 13.5. The van der Waals surface area contributed by atoms with E-state index in [1.54, 1.807) is 0 Å². The summed E-state index contributed by atoms with van der Waals surface area (Å²) in [5.41, 5.74) is 0.512. The van der Waals surface area contributed by atoms with E-state index in [9.17, 15) is 28.7 Å². The first-order valence-corrected chi connectivity index (χ1v) is 14.7. The predicted molar refractivity (Wildman–Crippen MR) is 124 cm³/mol. The van der Waals surface area contributed by atoms with Gasteiger partial charge in [-0.3, -0.25) is 4.21 Å². The number of hydrogen-bond acceptors (Lipinski definition) is 7. The second kappa shape index (κ2) is 7.72. The van der Waals surface area contributed by atoms with E-state index in [2.05, 4.69) is 15.3 Å². The van der Waals surface area contributed by atoms with E-state index in [-0.39, 0.29) is 30.7 Å². The van der Waals surface area contributed by atoms with Crippen molar-refractivity contribution in [3.63, 3.8) is 0 Å². The van der Waals surface area contributed by atoms with Crippen LogP contribution in [0, 0.1) is 0 Å². The van der Waals surface area contributed by atoms with Crippen LogP contribution in [-0.2, 0) is 17.2 Å². The third kappa shape index (κ3) is 4.84. The number of halogens is 5. The first-order chi connectivity index (χ1) is 16.3. The zero-order valence-electron chi connectivity index (χ0n) is 18.7. The van der Waals surface area contributed by atoms with Crippen LogP contribution in [0.15, 0.2) is 28.3 Å². The second-order valence-electron chi connectivity index (χ2n) is 9.54. The third-order valence-corrected chi connectivity index (χ3v) is 9.68.